The summed E-state index contributed by atoms with van der Waals surface area (Å²) in [5.74, 6) is 0.191. The van der Waals surface area contributed by atoms with Crippen molar-refractivity contribution in [2.24, 2.45) is 0 Å². The summed E-state index contributed by atoms with van der Waals surface area (Å²) in [5.41, 5.74) is -0.226. The van der Waals surface area contributed by atoms with Crippen LogP contribution in [0.2, 0.25) is 0 Å². The molecular formula is C12H23NO3. The number of morpholine rings is 1. The van der Waals surface area contributed by atoms with Gasteiger partial charge in [-0.3, -0.25) is 4.79 Å². The average Bonchev–Trinajstić information content (AvgIpc) is 2.26. The molecule has 4 heteroatoms. The molecule has 0 aliphatic carbocycles. The van der Waals surface area contributed by atoms with Crippen LogP contribution in [0.25, 0.3) is 0 Å². The Balaban J connectivity index is 2.34. The lowest BCUT2D eigenvalue weighted by molar-refractivity contribution is -0.136. The van der Waals surface area contributed by atoms with Gasteiger partial charge in [-0.15, -0.1) is 0 Å². The minimum absolute atomic E-state index is 0.191. The monoisotopic (exact) mass is 229 g/mol. The molecule has 1 saturated heterocycles. The average molecular weight is 229 g/mol. The standard InChI is InChI=1S/C12H23NO3/c1-12(2,15-4)6-5-10(14)11-9-13(3)7-8-16-11/h11H,5-9H2,1-4H3. The van der Waals surface area contributed by atoms with Crippen LogP contribution in [0.3, 0.4) is 0 Å². The normalized spacial score (nSPS) is 23.4. The third-order valence-corrected chi connectivity index (χ3v) is 3.15. The highest BCUT2D eigenvalue weighted by Crippen LogP contribution is 2.17. The third kappa shape index (κ3) is 4.20. The summed E-state index contributed by atoms with van der Waals surface area (Å²) in [7, 11) is 3.69. The SMILES string of the molecule is COC(C)(C)CCC(=O)C1CN(C)CCO1. The van der Waals surface area contributed by atoms with Gasteiger partial charge in [-0.25, -0.2) is 0 Å². The molecule has 0 N–H and O–H groups in total. The molecule has 0 radical (unpaired) electrons. The maximum atomic E-state index is 11.9. The Morgan fingerprint density at radius 2 is 2.25 bits per heavy atom. The number of ether oxygens (including phenoxy) is 2. The molecule has 0 aromatic heterocycles. The first-order valence-electron chi connectivity index (χ1n) is 5.82. The van der Waals surface area contributed by atoms with E-state index in [1.54, 1.807) is 7.11 Å². The number of carbonyl (C=O) groups is 1. The molecule has 1 heterocycles. The van der Waals surface area contributed by atoms with Gasteiger partial charge in [0.25, 0.3) is 0 Å². The van der Waals surface area contributed by atoms with Crippen molar-refractivity contribution in [3.63, 3.8) is 0 Å². The summed E-state index contributed by atoms with van der Waals surface area (Å²) in [5, 5.41) is 0. The first kappa shape index (κ1) is 13.6. The number of Topliss-reactive ketones (excluding diaryl/α,β-unsaturated/α-hetero) is 1. The zero-order valence-electron chi connectivity index (χ0n) is 10.8. The molecular weight excluding hydrogens is 206 g/mol. The van der Waals surface area contributed by atoms with Crippen LogP contribution >= 0.6 is 0 Å². The number of ketones is 1. The Bertz CT molecular complexity index is 240. The van der Waals surface area contributed by atoms with E-state index in [0.29, 0.717) is 19.6 Å². The van der Waals surface area contributed by atoms with E-state index in [2.05, 4.69) is 4.90 Å². The number of likely N-dealkylation sites (N-methyl/N-ethyl adjacent to an activating group) is 1. The van der Waals surface area contributed by atoms with Crippen LogP contribution in [0.15, 0.2) is 0 Å². The molecule has 1 unspecified atom stereocenters. The highest BCUT2D eigenvalue weighted by atomic mass is 16.5. The Morgan fingerprint density at radius 1 is 1.56 bits per heavy atom. The fraction of sp³-hybridized carbons (Fsp3) is 0.917. The van der Waals surface area contributed by atoms with Crippen molar-refractivity contribution in [2.75, 3.05) is 33.9 Å². The second-order valence-corrected chi connectivity index (χ2v) is 5.05. The highest BCUT2D eigenvalue weighted by Gasteiger charge is 2.26. The summed E-state index contributed by atoms with van der Waals surface area (Å²) in [6.07, 6.45) is 1.03. The fourth-order valence-corrected chi connectivity index (χ4v) is 1.66. The quantitative estimate of drug-likeness (QED) is 0.707. The molecule has 1 aliphatic heterocycles. The molecule has 1 fully saturated rings. The maximum Gasteiger partial charge on any atom is 0.162 e. The fourth-order valence-electron chi connectivity index (χ4n) is 1.66. The number of carbonyl (C=O) groups excluding carboxylic acids is 1. The van der Waals surface area contributed by atoms with Gasteiger partial charge >= 0.3 is 0 Å². The van der Waals surface area contributed by atoms with Crippen molar-refractivity contribution in [3.8, 4) is 0 Å². The zero-order chi connectivity index (χ0) is 12.2. The van der Waals surface area contributed by atoms with Crippen molar-refractivity contribution in [2.45, 2.75) is 38.4 Å². The minimum atomic E-state index is -0.244. The maximum absolute atomic E-state index is 11.9. The number of nitrogens with zero attached hydrogens (tertiary/aromatic N) is 1. The lowest BCUT2D eigenvalue weighted by Crippen LogP contribution is -2.44. The van der Waals surface area contributed by atoms with Crippen LogP contribution in [0.5, 0.6) is 0 Å². The van der Waals surface area contributed by atoms with E-state index in [-0.39, 0.29) is 17.5 Å². The number of rotatable bonds is 5. The van der Waals surface area contributed by atoms with Crippen LogP contribution in [0.1, 0.15) is 26.7 Å². The van der Waals surface area contributed by atoms with Crippen molar-refractivity contribution in [1.29, 1.82) is 0 Å². The minimum Gasteiger partial charge on any atom is -0.379 e. The van der Waals surface area contributed by atoms with Crippen LogP contribution in [0.4, 0.5) is 0 Å². The summed E-state index contributed by atoms with van der Waals surface area (Å²) >= 11 is 0. The van der Waals surface area contributed by atoms with Crippen LogP contribution in [0, 0.1) is 0 Å². The van der Waals surface area contributed by atoms with Gasteiger partial charge in [0.05, 0.1) is 12.2 Å². The van der Waals surface area contributed by atoms with Gasteiger partial charge in [0.2, 0.25) is 0 Å². The van der Waals surface area contributed by atoms with E-state index in [4.69, 9.17) is 9.47 Å². The van der Waals surface area contributed by atoms with Gasteiger partial charge in [0.15, 0.2) is 5.78 Å². The molecule has 0 saturated carbocycles. The van der Waals surface area contributed by atoms with E-state index in [1.165, 1.54) is 0 Å². The van der Waals surface area contributed by atoms with E-state index >= 15 is 0 Å². The first-order chi connectivity index (χ1) is 7.44. The molecule has 0 bridgehead atoms. The Hall–Kier alpha value is -0.450. The van der Waals surface area contributed by atoms with Gasteiger partial charge in [0, 0.05) is 26.6 Å². The molecule has 94 valence electrons. The van der Waals surface area contributed by atoms with Gasteiger partial charge in [-0.1, -0.05) is 0 Å². The van der Waals surface area contributed by atoms with Crippen LogP contribution < -0.4 is 0 Å². The number of hydrogen-bond acceptors (Lipinski definition) is 4. The molecule has 0 spiro atoms. The van der Waals surface area contributed by atoms with Gasteiger partial charge in [-0.05, 0) is 27.3 Å². The van der Waals surface area contributed by atoms with Crippen LogP contribution in [-0.4, -0.2) is 56.2 Å². The number of methoxy groups -OCH3 is 1. The molecule has 0 amide bonds. The van der Waals surface area contributed by atoms with E-state index in [9.17, 15) is 4.79 Å². The number of hydrogen-bond donors (Lipinski definition) is 0. The molecule has 1 rings (SSSR count). The first-order valence-corrected chi connectivity index (χ1v) is 5.82. The molecule has 1 atom stereocenters. The summed E-state index contributed by atoms with van der Waals surface area (Å²) in [6.45, 7) is 6.27. The van der Waals surface area contributed by atoms with Crippen LogP contribution in [-0.2, 0) is 14.3 Å². The molecule has 1 aliphatic rings. The second-order valence-electron chi connectivity index (χ2n) is 5.05. The van der Waals surface area contributed by atoms with Gasteiger partial charge < -0.3 is 14.4 Å². The predicted octanol–water partition coefficient (Wildman–Crippen LogP) is 1.09. The van der Waals surface area contributed by atoms with E-state index in [0.717, 1.165) is 13.0 Å². The lowest BCUT2D eigenvalue weighted by atomic mass is 9.98. The molecule has 4 nitrogen and oxygen atoms in total. The summed E-state index contributed by atoms with van der Waals surface area (Å²) in [4.78, 5) is 14.0. The Kier molecular flexibility index (Phi) is 4.89. The van der Waals surface area contributed by atoms with Crippen molar-refractivity contribution < 1.29 is 14.3 Å². The van der Waals surface area contributed by atoms with E-state index < -0.39 is 0 Å². The van der Waals surface area contributed by atoms with Crippen molar-refractivity contribution in [3.05, 3.63) is 0 Å². The van der Waals surface area contributed by atoms with Gasteiger partial charge in [0.1, 0.15) is 6.10 Å². The lowest BCUT2D eigenvalue weighted by Gasteiger charge is -2.30. The largest absolute Gasteiger partial charge is 0.379 e. The smallest absolute Gasteiger partial charge is 0.162 e. The second kappa shape index (κ2) is 5.75. The zero-order valence-corrected chi connectivity index (χ0v) is 10.8. The predicted molar refractivity (Wildman–Crippen MR) is 62.6 cm³/mol. The highest BCUT2D eigenvalue weighted by molar-refractivity contribution is 5.83. The third-order valence-electron chi connectivity index (χ3n) is 3.15. The Labute approximate surface area is 97.9 Å². The molecule has 0 aromatic carbocycles. The summed E-state index contributed by atoms with van der Waals surface area (Å²) < 4.78 is 10.8. The molecule has 16 heavy (non-hydrogen) atoms. The summed E-state index contributed by atoms with van der Waals surface area (Å²) in [6, 6.07) is 0. The van der Waals surface area contributed by atoms with Crippen molar-refractivity contribution >= 4 is 5.78 Å². The molecule has 0 aromatic rings. The van der Waals surface area contributed by atoms with Gasteiger partial charge in [-0.2, -0.15) is 0 Å². The Morgan fingerprint density at radius 3 is 2.81 bits per heavy atom. The van der Waals surface area contributed by atoms with E-state index in [1.807, 2.05) is 20.9 Å². The van der Waals surface area contributed by atoms with Crippen molar-refractivity contribution in [1.82, 2.24) is 4.90 Å². The topological polar surface area (TPSA) is 38.8 Å².